The lowest BCUT2D eigenvalue weighted by Gasteiger charge is -2.15. The fraction of sp³-hybridized carbons (Fsp3) is 1.00. The first-order chi connectivity index (χ1) is 7.70. The van der Waals surface area contributed by atoms with Gasteiger partial charge in [0.1, 0.15) is 12.2 Å². The highest BCUT2D eigenvalue weighted by atomic mass is 19.3. The van der Waals surface area contributed by atoms with E-state index in [4.69, 9.17) is 19.3 Å². The highest BCUT2D eigenvalue weighted by molar-refractivity contribution is 4.71. The summed E-state index contributed by atoms with van der Waals surface area (Å²) in [7, 11) is 0. The van der Waals surface area contributed by atoms with E-state index in [1.807, 2.05) is 0 Å². The number of ether oxygens (including phenoxy) is 3. The summed E-state index contributed by atoms with van der Waals surface area (Å²) in [5, 5.41) is 7.27. The van der Waals surface area contributed by atoms with Crippen LogP contribution in [0.1, 0.15) is 6.92 Å². The number of hydrogen-bond donors (Lipinski definition) is 1. The van der Waals surface area contributed by atoms with Crippen LogP contribution in [0.5, 0.6) is 0 Å². The van der Waals surface area contributed by atoms with Crippen molar-refractivity contribution in [1.82, 2.24) is 0 Å². The van der Waals surface area contributed by atoms with Crippen LogP contribution in [0.25, 0.3) is 0 Å². The van der Waals surface area contributed by atoms with E-state index in [9.17, 15) is 17.6 Å². The van der Waals surface area contributed by atoms with E-state index in [0.717, 1.165) is 26.4 Å². The Labute approximate surface area is 95.4 Å². The third kappa shape index (κ3) is 6.77. The third-order valence-corrected chi connectivity index (χ3v) is 1.94. The summed E-state index contributed by atoms with van der Waals surface area (Å²) in [4.78, 5) is 0. The summed E-state index contributed by atoms with van der Waals surface area (Å²) >= 11 is 0. The minimum absolute atomic E-state index is 0.0625. The number of halogens is 4. The third-order valence-electron chi connectivity index (χ3n) is 1.94. The second kappa shape index (κ2) is 5.47. The molecule has 2 aliphatic heterocycles. The molecule has 0 aromatic heterocycles. The molecule has 0 aliphatic carbocycles. The number of hydrogen-bond acceptors (Lipinski definition) is 4. The van der Waals surface area contributed by atoms with Crippen molar-refractivity contribution >= 4 is 0 Å². The van der Waals surface area contributed by atoms with Gasteiger partial charge in [-0.05, 0) is 0 Å². The normalized spacial score (nSPS) is 27.2. The molecule has 0 saturated carbocycles. The molecule has 0 aromatic carbocycles. The molecule has 0 aromatic rings. The molecule has 2 heterocycles. The van der Waals surface area contributed by atoms with E-state index < -0.39 is 12.0 Å². The molecule has 0 spiro atoms. The van der Waals surface area contributed by atoms with Gasteiger partial charge in [-0.2, -0.15) is 17.6 Å². The Hall–Kier alpha value is -0.440. The molecular weight excluding hydrogens is 248 g/mol. The molecule has 102 valence electrons. The first-order valence-corrected chi connectivity index (χ1v) is 4.99. The maximum atomic E-state index is 11.2. The molecule has 2 saturated heterocycles. The van der Waals surface area contributed by atoms with Gasteiger partial charge < -0.3 is 19.3 Å². The maximum Gasteiger partial charge on any atom is 0.416 e. The molecular formula is C9H14F4O4. The summed E-state index contributed by atoms with van der Waals surface area (Å²) in [6.07, 6.45) is -4.11. The minimum Gasteiger partial charge on any atom is -0.376 e. The van der Waals surface area contributed by atoms with Crippen molar-refractivity contribution in [2.45, 2.75) is 31.2 Å². The zero-order chi connectivity index (χ0) is 13.1. The quantitative estimate of drug-likeness (QED) is 0.594. The van der Waals surface area contributed by atoms with Gasteiger partial charge in [0.15, 0.2) is 0 Å². The van der Waals surface area contributed by atoms with Gasteiger partial charge in [-0.15, -0.1) is 0 Å². The Morgan fingerprint density at radius 3 is 1.59 bits per heavy atom. The molecule has 0 bridgehead atoms. The lowest BCUT2D eigenvalue weighted by Crippen LogP contribution is -2.36. The molecule has 2 aliphatic rings. The molecule has 4 nitrogen and oxygen atoms in total. The summed E-state index contributed by atoms with van der Waals surface area (Å²) in [5.41, 5.74) is 0. The molecule has 0 amide bonds. The van der Waals surface area contributed by atoms with Crippen LogP contribution in [-0.2, 0) is 14.2 Å². The zero-order valence-electron chi connectivity index (χ0n) is 9.17. The average Bonchev–Trinajstić information content (AvgIpc) is 2.95. The Bertz CT molecular complexity index is 206. The summed E-state index contributed by atoms with van der Waals surface area (Å²) in [5.74, 6) is -4.34. The maximum absolute atomic E-state index is 11.2. The topological polar surface area (TPSA) is 54.5 Å². The molecule has 8 heteroatoms. The van der Waals surface area contributed by atoms with Crippen molar-refractivity contribution in [1.29, 1.82) is 0 Å². The second-order valence-corrected chi connectivity index (χ2v) is 3.88. The van der Waals surface area contributed by atoms with Crippen LogP contribution in [0.2, 0.25) is 0 Å². The highest BCUT2D eigenvalue weighted by Gasteiger charge is 2.50. The van der Waals surface area contributed by atoms with Crippen LogP contribution in [0.15, 0.2) is 0 Å². The van der Waals surface area contributed by atoms with Gasteiger partial charge in [-0.3, -0.25) is 0 Å². The van der Waals surface area contributed by atoms with E-state index in [2.05, 4.69) is 0 Å². The monoisotopic (exact) mass is 262 g/mol. The van der Waals surface area contributed by atoms with Gasteiger partial charge >= 0.3 is 12.0 Å². The fourth-order valence-electron chi connectivity index (χ4n) is 0.659. The predicted octanol–water partition coefficient (Wildman–Crippen LogP) is 1.03. The molecule has 1 N–H and O–H groups in total. The second-order valence-electron chi connectivity index (χ2n) is 3.88. The van der Waals surface area contributed by atoms with Crippen molar-refractivity contribution < 1.29 is 36.9 Å². The smallest absolute Gasteiger partial charge is 0.376 e. The van der Waals surface area contributed by atoms with Gasteiger partial charge in [0.05, 0.1) is 26.4 Å². The molecule has 2 atom stereocenters. The number of aliphatic hydroxyl groups is 1. The first-order valence-electron chi connectivity index (χ1n) is 4.99. The van der Waals surface area contributed by atoms with E-state index in [1.54, 1.807) is 0 Å². The number of rotatable bonds is 5. The lowest BCUT2D eigenvalue weighted by molar-refractivity contribution is -0.318. The van der Waals surface area contributed by atoms with Crippen molar-refractivity contribution in [2.24, 2.45) is 0 Å². The minimum atomic E-state index is -4.90. The largest absolute Gasteiger partial charge is 0.416 e. The van der Waals surface area contributed by atoms with Crippen molar-refractivity contribution in [3.63, 3.8) is 0 Å². The van der Waals surface area contributed by atoms with Crippen LogP contribution in [0.4, 0.5) is 17.6 Å². The SMILES string of the molecule is C(OCC1CO1)C1CO1.CC(F)(F)C(O)(F)F. The van der Waals surface area contributed by atoms with Gasteiger partial charge in [0.25, 0.3) is 0 Å². The van der Waals surface area contributed by atoms with E-state index in [0.29, 0.717) is 12.2 Å². The lowest BCUT2D eigenvalue weighted by atomic mass is 10.4. The van der Waals surface area contributed by atoms with Crippen molar-refractivity contribution in [3.05, 3.63) is 0 Å². The molecule has 2 fully saturated rings. The number of epoxide rings is 2. The standard InChI is InChI=1S/C6H10O3.C3H4F4O/c1(5-3-8-5)7-2-6-4-9-6;1-2(4,5)3(6,7)8/h5-6H,1-4H2;8H,1H3. The first kappa shape index (κ1) is 14.6. The number of alkyl halides is 4. The summed E-state index contributed by atoms with van der Waals surface area (Å²) in [6.45, 7) is 3.20. The van der Waals surface area contributed by atoms with Crippen LogP contribution < -0.4 is 0 Å². The molecule has 17 heavy (non-hydrogen) atoms. The van der Waals surface area contributed by atoms with Gasteiger partial charge in [0, 0.05) is 6.92 Å². The molecule has 0 radical (unpaired) electrons. The molecule has 2 rings (SSSR count). The highest BCUT2D eigenvalue weighted by Crippen LogP contribution is 2.30. The fourth-order valence-corrected chi connectivity index (χ4v) is 0.659. The van der Waals surface area contributed by atoms with E-state index >= 15 is 0 Å². The van der Waals surface area contributed by atoms with E-state index in [-0.39, 0.29) is 6.92 Å². The van der Waals surface area contributed by atoms with Gasteiger partial charge in [0.2, 0.25) is 0 Å². The van der Waals surface area contributed by atoms with Crippen molar-refractivity contribution in [2.75, 3.05) is 26.4 Å². The molecule has 2 unspecified atom stereocenters. The Kier molecular flexibility index (Phi) is 4.70. The zero-order valence-corrected chi connectivity index (χ0v) is 9.17. The van der Waals surface area contributed by atoms with Crippen molar-refractivity contribution in [3.8, 4) is 0 Å². The summed E-state index contributed by atoms with van der Waals surface area (Å²) in [6, 6.07) is 0. The van der Waals surface area contributed by atoms with Crippen LogP contribution >= 0.6 is 0 Å². The average molecular weight is 262 g/mol. The van der Waals surface area contributed by atoms with E-state index in [1.165, 1.54) is 0 Å². The summed E-state index contributed by atoms with van der Waals surface area (Å²) < 4.78 is 59.6. The van der Waals surface area contributed by atoms with Gasteiger partial charge in [-0.1, -0.05) is 0 Å². The Balaban J connectivity index is 0.000000172. The Morgan fingerprint density at radius 1 is 1.12 bits per heavy atom. The van der Waals surface area contributed by atoms with Crippen LogP contribution in [-0.4, -0.2) is 55.8 Å². The predicted molar refractivity (Wildman–Crippen MR) is 48.1 cm³/mol. The Morgan fingerprint density at radius 2 is 1.41 bits per heavy atom. The van der Waals surface area contributed by atoms with Crippen LogP contribution in [0.3, 0.4) is 0 Å². The van der Waals surface area contributed by atoms with Gasteiger partial charge in [-0.25, -0.2) is 0 Å². The van der Waals surface area contributed by atoms with Crippen LogP contribution in [0, 0.1) is 0 Å².